The van der Waals surface area contributed by atoms with E-state index in [4.69, 9.17) is 4.42 Å². The number of furan rings is 1. The first-order valence-electron chi connectivity index (χ1n) is 8.88. The summed E-state index contributed by atoms with van der Waals surface area (Å²) in [4.78, 5) is 12.5. The van der Waals surface area contributed by atoms with Gasteiger partial charge in [0.25, 0.3) is 0 Å². The number of rotatable bonds is 5. The van der Waals surface area contributed by atoms with Crippen LogP contribution in [0.15, 0.2) is 53.1 Å². The Kier molecular flexibility index (Phi) is 3.87. The molecule has 3 aromatic rings. The molecule has 1 fully saturated rings. The van der Waals surface area contributed by atoms with Gasteiger partial charge in [-0.15, -0.1) is 0 Å². The molecule has 128 valence electrons. The zero-order chi connectivity index (χ0) is 17.4. The Labute approximate surface area is 148 Å². The second-order valence-electron chi connectivity index (χ2n) is 7.24. The predicted octanol–water partition coefficient (Wildman–Crippen LogP) is 4.44. The van der Waals surface area contributed by atoms with E-state index in [2.05, 4.69) is 55.6 Å². The molecule has 0 unspecified atom stereocenters. The van der Waals surface area contributed by atoms with Crippen LogP contribution in [0.3, 0.4) is 0 Å². The van der Waals surface area contributed by atoms with Crippen LogP contribution in [0.2, 0.25) is 0 Å². The number of carbonyl (C=O) groups is 1. The minimum Gasteiger partial charge on any atom is -0.464 e. The normalized spacial score (nSPS) is 15.3. The van der Waals surface area contributed by atoms with Crippen molar-refractivity contribution in [2.24, 2.45) is 0 Å². The van der Waals surface area contributed by atoms with Crippen molar-refractivity contribution < 1.29 is 9.21 Å². The number of benzene rings is 2. The Morgan fingerprint density at radius 1 is 1.12 bits per heavy atom. The van der Waals surface area contributed by atoms with Gasteiger partial charge in [-0.1, -0.05) is 42.5 Å². The molecule has 2 aromatic carbocycles. The van der Waals surface area contributed by atoms with Gasteiger partial charge in [-0.2, -0.15) is 0 Å². The average Bonchev–Trinajstić information content (AvgIpc) is 3.32. The molecule has 0 saturated heterocycles. The SMILES string of the molecule is Cc1ccc2c(CC(=O)NCC3(c4ccccc4)CC3)coc2c1C. The molecule has 0 spiro atoms. The summed E-state index contributed by atoms with van der Waals surface area (Å²) in [6.45, 7) is 4.84. The molecule has 0 radical (unpaired) electrons. The number of hydrogen-bond donors (Lipinski definition) is 1. The van der Waals surface area contributed by atoms with E-state index in [9.17, 15) is 4.79 Å². The van der Waals surface area contributed by atoms with Crippen molar-refractivity contribution in [3.05, 3.63) is 71.0 Å². The smallest absolute Gasteiger partial charge is 0.224 e. The lowest BCUT2D eigenvalue weighted by molar-refractivity contribution is -0.120. The molecular weight excluding hydrogens is 310 g/mol. The number of aryl methyl sites for hydroxylation is 2. The zero-order valence-corrected chi connectivity index (χ0v) is 14.8. The lowest BCUT2D eigenvalue weighted by atomic mass is 9.96. The molecule has 0 atom stereocenters. The Bertz CT molecular complexity index is 920. The van der Waals surface area contributed by atoms with Crippen LogP contribution in [-0.4, -0.2) is 12.5 Å². The van der Waals surface area contributed by atoms with Gasteiger partial charge in [0.05, 0.1) is 12.7 Å². The minimum absolute atomic E-state index is 0.0585. The van der Waals surface area contributed by atoms with Crippen molar-refractivity contribution in [3.8, 4) is 0 Å². The van der Waals surface area contributed by atoms with E-state index in [0.29, 0.717) is 13.0 Å². The minimum atomic E-state index is 0.0585. The second-order valence-corrected chi connectivity index (χ2v) is 7.24. The van der Waals surface area contributed by atoms with E-state index in [1.54, 1.807) is 6.26 Å². The molecule has 1 aliphatic carbocycles. The molecule has 1 N–H and O–H groups in total. The van der Waals surface area contributed by atoms with Gasteiger partial charge in [-0.05, 0) is 43.4 Å². The van der Waals surface area contributed by atoms with Crippen molar-refractivity contribution in [2.45, 2.75) is 38.5 Å². The van der Waals surface area contributed by atoms with Crippen LogP contribution in [0.5, 0.6) is 0 Å². The summed E-state index contributed by atoms with van der Waals surface area (Å²) in [5.74, 6) is 0.0585. The summed E-state index contributed by atoms with van der Waals surface area (Å²) >= 11 is 0. The molecule has 1 amide bonds. The van der Waals surface area contributed by atoms with Gasteiger partial charge in [-0.25, -0.2) is 0 Å². The maximum Gasteiger partial charge on any atom is 0.224 e. The fourth-order valence-electron chi connectivity index (χ4n) is 3.54. The number of hydrogen-bond acceptors (Lipinski definition) is 2. The quantitative estimate of drug-likeness (QED) is 0.750. The fourth-order valence-corrected chi connectivity index (χ4v) is 3.54. The Balaban J connectivity index is 1.44. The van der Waals surface area contributed by atoms with Gasteiger partial charge < -0.3 is 9.73 Å². The van der Waals surface area contributed by atoms with Crippen LogP contribution in [0.4, 0.5) is 0 Å². The summed E-state index contributed by atoms with van der Waals surface area (Å²) in [5, 5.41) is 4.18. The molecule has 1 aromatic heterocycles. The number of amides is 1. The highest BCUT2D eigenvalue weighted by Crippen LogP contribution is 2.47. The monoisotopic (exact) mass is 333 g/mol. The van der Waals surface area contributed by atoms with Crippen LogP contribution >= 0.6 is 0 Å². The van der Waals surface area contributed by atoms with Crippen LogP contribution in [-0.2, 0) is 16.6 Å². The molecule has 1 heterocycles. The molecule has 25 heavy (non-hydrogen) atoms. The van der Waals surface area contributed by atoms with Gasteiger partial charge in [0, 0.05) is 22.9 Å². The molecular formula is C22H23NO2. The number of carbonyl (C=O) groups excluding carboxylic acids is 1. The van der Waals surface area contributed by atoms with E-state index >= 15 is 0 Å². The topological polar surface area (TPSA) is 42.2 Å². The van der Waals surface area contributed by atoms with E-state index in [0.717, 1.165) is 34.9 Å². The lowest BCUT2D eigenvalue weighted by Crippen LogP contribution is -2.33. The highest BCUT2D eigenvalue weighted by atomic mass is 16.3. The van der Waals surface area contributed by atoms with Crippen molar-refractivity contribution in [3.63, 3.8) is 0 Å². The number of nitrogens with one attached hydrogen (secondary N) is 1. The molecule has 3 heteroatoms. The van der Waals surface area contributed by atoms with Crippen LogP contribution in [0.1, 0.15) is 35.1 Å². The summed E-state index contributed by atoms with van der Waals surface area (Å²) < 4.78 is 5.71. The average molecular weight is 333 g/mol. The molecule has 1 aliphatic rings. The number of fused-ring (bicyclic) bond motifs is 1. The van der Waals surface area contributed by atoms with Crippen molar-refractivity contribution >= 4 is 16.9 Å². The van der Waals surface area contributed by atoms with Crippen molar-refractivity contribution in [2.75, 3.05) is 6.54 Å². The summed E-state index contributed by atoms with van der Waals surface area (Å²) in [6.07, 6.45) is 4.37. The maximum absolute atomic E-state index is 12.5. The molecule has 0 aliphatic heterocycles. The van der Waals surface area contributed by atoms with E-state index in [1.807, 2.05) is 6.07 Å². The highest BCUT2D eigenvalue weighted by molar-refractivity contribution is 5.89. The standard InChI is InChI=1S/C22H23NO2/c1-15-8-9-19-17(13-25-21(19)16(15)2)12-20(24)23-14-22(10-11-22)18-6-4-3-5-7-18/h3-9,13H,10-12,14H2,1-2H3,(H,23,24). The summed E-state index contributed by atoms with van der Waals surface area (Å²) in [5.41, 5.74) is 5.67. The third kappa shape index (κ3) is 2.95. The van der Waals surface area contributed by atoms with Gasteiger partial charge >= 0.3 is 0 Å². The Morgan fingerprint density at radius 3 is 2.60 bits per heavy atom. The van der Waals surface area contributed by atoms with Crippen LogP contribution < -0.4 is 5.32 Å². The van der Waals surface area contributed by atoms with E-state index < -0.39 is 0 Å². The second kappa shape index (κ2) is 6.07. The van der Waals surface area contributed by atoms with Gasteiger partial charge in [0.15, 0.2) is 0 Å². The zero-order valence-electron chi connectivity index (χ0n) is 14.8. The molecule has 1 saturated carbocycles. The van der Waals surface area contributed by atoms with Gasteiger partial charge in [0.1, 0.15) is 5.58 Å². The molecule has 3 nitrogen and oxygen atoms in total. The highest BCUT2D eigenvalue weighted by Gasteiger charge is 2.44. The van der Waals surface area contributed by atoms with Gasteiger partial charge in [0.2, 0.25) is 5.91 Å². The fraction of sp³-hybridized carbons (Fsp3) is 0.318. The van der Waals surface area contributed by atoms with Crippen LogP contribution in [0, 0.1) is 13.8 Å². The van der Waals surface area contributed by atoms with Gasteiger partial charge in [-0.3, -0.25) is 4.79 Å². The van der Waals surface area contributed by atoms with E-state index in [1.165, 1.54) is 11.1 Å². The third-order valence-corrected chi connectivity index (χ3v) is 5.56. The predicted molar refractivity (Wildman–Crippen MR) is 99.8 cm³/mol. The van der Waals surface area contributed by atoms with Crippen molar-refractivity contribution in [1.29, 1.82) is 0 Å². The largest absolute Gasteiger partial charge is 0.464 e. The van der Waals surface area contributed by atoms with Crippen molar-refractivity contribution in [1.82, 2.24) is 5.32 Å². The first kappa shape index (κ1) is 15.9. The van der Waals surface area contributed by atoms with E-state index in [-0.39, 0.29) is 11.3 Å². The Hall–Kier alpha value is -2.55. The lowest BCUT2D eigenvalue weighted by Gasteiger charge is -2.16. The summed E-state index contributed by atoms with van der Waals surface area (Å²) in [6, 6.07) is 14.6. The third-order valence-electron chi connectivity index (χ3n) is 5.56. The molecule has 0 bridgehead atoms. The maximum atomic E-state index is 12.5. The Morgan fingerprint density at radius 2 is 1.88 bits per heavy atom. The summed E-state index contributed by atoms with van der Waals surface area (Å²) in [7, 11) is 0. The molecule has 4 rings (SSSR count). The first-order chi connectivity index (χ1) is 12.1. The first-order valence-corrected chi connectivity index (χ1v) is 8.88. The van der Waals surface area contributed by atoms with Crippen LogP contribution in [0.25, 0.3) is 11.0 Å².